The largest absolute Gasteiger partial charge is 0.477 e. The average molecular weight is 348 g/mol. The molecule has 6 nitrogen and oxygen atoms in total. The maximum absolute atomic E-state index is 12.0. The number of carbonyl (C=O) groups is 2. The topological polar surface area (TPSA) is 92.4 Å². The smallest absolute Gasteiger partial charge is 0.341 e. The lowest BCUT2D eigenvalue weighted by molar-refractivity contribution is 0.0686. The van der Waals surface area contributed by atoms with Crippen LogP contribution in [0.25, 0.3) is 0 Å². The number of nitrogens with zero attached hydrogens (tertiary/aromatic N) is 1. The molecule has 1 heterocycles. The number of carbonyl (C=O) groups excluding carboxylic acids is 1. The Morgan fingerprint density at radius 2 is 1.88 bits per heavy atom. The minimum atomic E-state index is -1.22. The van der Waals surface area contributed by atoms with Gasteiger partial charge in [0.15, 0.2) is 0 Å². The van der Waals surface area contributed by atoms with Gasteiger partial charge in [-0.1, -0.05) is 11.2 Å². The number of aromatic carboxylic acids is 1. The van der Waals surface area contributed by atoms with Gasteiger partial charge in [0.25, 0.3) is 5.91 Å². The van der Waals surface area contributed by atoms with E-state index >= 15 is 0 Å². The molecule has 0 radical (unpaired) electrons. The van der Waals surface area contributed by atoms with Crippen molar-refractivity contribution in [3.8, 4) is 0 Å². The minimum Gasteiger partial charge on any atom is -0.477 e. The summed E-state index contributed by atoms with van der Waals surface area (Å²) in [6.45, 7) is 7.57. The molecular formula is C17H20N2O4S. The minimum absolute atomic E-state index is 0.127. The van der Waals surface area contributed by atoms with Gasteiger partial charge in [-0.2, -0.15) is 0 Å². The third-order valence-corrected chi connectivity index (χ3v) is 4.16. The number of aromatic nitrogens is 1. The van der Waals surface area contributed by atoms with E-state index in [1.165, 1.54) is 11.8 Å². The van der Waals surface area contributed by atoms with Gasteiger partial charge in [0.2, 0.25) is 5.76 Å². The number of amides is 1. The van der Waals surface area contributed by atoms with Crippen LogP contribution >= 0.6 is 11.8 Å². The molecule has 0 aliphatic carbocycles. The highest BCUT2D eigenvalue weighted by atomic mass is 32.2. The van der Waals surface area contributed by atoms with Crippen LogP contribution in [0.2, 0.25) is 0 Å². The summed E-state index contributed by atoms with van der Waals surface area (Å²) >= 11 is 1.45. The number of carboxylic acids is 1. The number of benzene rings is 1. The Labute approximate surface area is 144 Å². The number of rotatable bonds is 6. The first-order valence-electron chi connectivity index (χ1n) is 7.51. The van der Waals surface area contributed by atoms with E-state index in [9.17, 15) is 14.7 Å². The number of hydrogen-bond acceptors (Lipinski definition) is 5. The molecule has 0 aliphatic heterocycles. The molecule has 7 heteroatoms. The Balaban J connectivity index is 2.22. The summed E-state index contributed by atoms with van der Waals surface area (Å²) in [5.74, 6) is -1.74. The van der Waals surface area contributed by atoms with E-state index in [0.29, 0.717) is 5.75 Å². The molecule has 2 rings (SSSR count). The number of nitrogens with one attached hydrogen (secondary N) is 1. The van der Waals surface area contributed by atoms with Crippen LogP contribution in [-0.4, -0.2) is 28.2 Å². The van der Waals surface area contributed by atoms with E-state index in [-0.39, 0.29) is 23.1 Å². The maximum Gasteiger partial charge on any atom is 0.341 e. The zero-order valence-electron chi connectivity index (χ0n) is 14.0. The van der Waals surface area contributed by atoms with E-state index in [1.54, 1.807) is 13.8 Å². The molecule has 128 valence electrons. The van der Waals surface area contributed by atoms with Gasteiger partial charge in [0.05, 0.1) is 0 Å². The highest BCUT2D eigenvalue weighted by Crippen LogP contribution is 2.27. The second-order valence-corrected chi connectivity index (χ2v) is 6.93. The summed E-state index contributed by atoms with van der Waals surface area (Å²) in [6, 6.07) is 5.98. The second kappa shape index (κ2) is 7.53. The third-order valence-electron chi connectivity index (χ3n) is 3.17. The van der Waals surface area contributed by atoms with Gasteiger partial charge in [-0.15, -0.1) is 11.8 Å². The predicted octanol–water partition coefficient (Wildman–Crippen LogP) is 3.42. The second-order valence-electron chi connectivity index (χ2n) is 5.88. The van der Waals surface area contributed by atoms with Crippen LogP contribution in [0, 0.1) is 13.8 Å². The van der Waals surface area contributed by atoms with E-state index in [4.69, 9.17) is 4.52 Å². The van der Waals surface area contributed by atoms with E-state index in [2.05, 4.69) is 16.5 Å². The molecule has 2 aromatic rings. The van der Waals surface area contributed by atoms with Gasteiger partial charge in [-0.25, -0.2) is 4.79 Å². The SMILES string of the molecule is Cc1cc(C)cc(SCc2noc(C(=O)NC(C)C)c2C(=O)O)c1. The third kappa shape index (κ3) is 4.38. The van der Waals surface area contributed by atoms with Crippen LogP contribution in [0.4, 0.5) is 0 Å². The number of carboxylic acid groups (broad SMARTS) is 1. The van der Waals surface area contributed by atoms with Crippen molar-refractivity contribution in [3.05, 3.63) is 46.3 Å². The molecular weight excluding hydrogens is 328 g/mol. The lowest BCUT2D eigenvalue weighted by atomic mass is 10.2. The Morgan fingerprint density at radius 3 is 2.42 bits per heavy atom. The maximum atomic E-state index is 12.0. The van der Waals surface area contributed by atoms with Crippen molar-refractivity contribution in [1.29, 1.82) is 0 Å². The molecule has 1 aromatic carbocycles. The zero-order valence-corrected chi connectivity index (χ0v) is 14.9. The predicted molar refractivity (Wildman–Crippen MR) is 91.5 cm³/mol. The molecule has 0 atom stereocenters. The summed E-state index contributed by atoms with van der Waals surface area (Å²) in [5.41, 5.74) is 2.34. The highest BCUT2D eigenvalue weighted by molar-refractivity contribution is 7.98. The normalized spacial score (nSPS) is 10.9. The van der Waals surface area contributed by atoms with Gasteiger partial charge < -0.3 is 14.9 Å². The van der Waals surface area contributed by atoms with Gasteiger partial charge in [0.1, 0.15) is 11.3 Å². The summed E-state index contributed by atoms with van der Waals surface area (Å²) < 4.78 is 5.00. The summed E-state index contributed by atoms with van der Waals surface area (Å²) in [4.78, 5) is 24.6. The van der Waals surface area contributed by atoms with Crippen molar-refractivity contribution in [3.63, 3.8) is 0 Å². The van der Waals surface area contributed by atoms with E-state index < -0.39 is 11.9 Å². The first-order valence-corrected chi connectivity index (χ1v) is 8.50. The molecule has 0 spiro atoms. The fraction of sp³-hybridized carbons (Fsp3) is 0.353. The van der Waals surface area contributed by atoms with Crippen LogP contribution in [0.1, 0.15) is 51.6 Å². The summed E-state index contributed by atoms with van der Waals surface area (Å²) in [5, 5.41) is 15.8. The Bertz CT molecular complexity index is 748. The van der Waals surface area contributed by atoms with E-state index in [1.807, 2.05) is 26.0 Å². The standard InChI is InChI=1S/C17H20N2O4S/c1-9(2)18-16(20)15-14(17(21)22)13(19-23-15)8-24-12-6-10(3)5-11(4)7-12/h5-7,9H,8H2,1-4H3,(H,18,20)(H,21,22). The Kier molecular flexibility index (Phi) is 5.66. The fourth-order valence-electron chi connectivity index (χ4n) is 2.29. The van der Waals surface area contributed by atoms with Crippen LogP contribution in [-0.2, 0) is 5.75 Å². The zero-order chi connectivity index (χ0) is 17.9. The lowest BCUT2D eigenvalue weighted by Gasteiger charge is -2.06. The first-order chi connectivity index (χ1) is 11.3. The molecule has 1 aromatic heterocycles. The summed E-state index contributed by atoms with van der Waals surface area (Å²) in [7, 11) is 0. The summed E-state index contributed by atoms with van der Waals surface area (Å²) in [6.07, 6.45) is 0. The van der Waals surface area contributed by atoms with Crippen LogP contribution in [0.5, 0.6) is 0 Å². The number of aryl methyl sites for hydroxylation is 2. The van der Waals surface area contributed by atoms with Crippen molar-refractivity contribution in [1.82, 2.24) is 10.5 Å². The van der Waals surface area contributed by atoms with Crippen molar-refractivity contribution in [2.24, 2.45) is 0 Å². The van der Waals surface area contributed by atoms with Crippen molar-refractivity contribution in [2.45, 2.75) is 44.4 Å². The molecule has 1 amide bonds. The average Bonchev–Trinajstić information content (AvgIpc) is 2.87. The fourth-order valence-corrected chi connectivity index (χ4v) is 3.33. The van der Waals surface area contributed by atoms with Gasteiger partial charge in [0, 0.05) is 16.7 Å². The number of hydrogen-bond donors (Lipinski definition) is 2. The Hall–Kier alpha value is -2.28. The van der Waals surface area contributed by atoms with Crippen LogP contribution in [0.15, 0.2) is 27.6 Å². The number of thioether (sulfide) groups is 1. The quantitative estimate of drug-likeness (QED) is 0.777. The Morgan fingerprint density at radius 1 is 1.25 bits per heavy atom. The van der Waals surface area contributed by atoms with Crippen LogP contribution < -0.4 is 5.32 Å². The van der Waals surface area contributed by atoms with Gasteiger partial charge in [-0.3, -0.25) is 4.79 Å². The van der Waals surface area contributed by atoms with Crippen molar-refractivity contribution in [2.75, 3.05) is 0 Å². The molecule has 0 fully saturated rings. The monoisotopic (exact) mass is 348 g/mol. The molecule has 0 aliphatic rings. The molecule has 0 bridgehead atoms. The first kappa shape index (κ1) is 18.1. The lowest BCUT2D eigenvalue weighted by Crippen LogP contribution is -2.30. The molecule has 0 unspecified atom stereocenters. The van der Waals surface area contributed by atoms with Gasteiger partial charge in [-0.05, 0) is 51.0 Å². The van der Waals surface area contributed by atoms with E-state index in [0.717, 1.165) is 16.0 Å². The molecule has 0 saturated heterocycles. The molecule has 0 saturated carbocycles. The van der Waals surface area contributed by atoms with Crippen LogP contribution in [0.3, 0.4) is 0 Å². The van der Waals surface area contributed by atoms with Crippen molar-refractivity contribution >= 4 is 23.6 Å². The van der Waals surface area contributed by atoms with Gasteiger partial charge >= 0.3 is 5.97 Å². The van der Waals surface area contributed by atoms with Crippen molar-refractivity contribution < 1.29 is 19.2 Å². The molecule has 24 heavy (non-hydrogen) atoms. The highest BCUT2D eigenvalue weighted by Gasteiger charge is 2.27. The molecule has 2 N–H and O–H groups in total.